The maximum Gasteiger partial charge on any atom is 0.410 e. The van der Waals surface area contributed by atoms with E-state index in [4.69, 9.17) is 9.47 Å². The molecule has 284 valence electrons. The van der Waals surface area contributed by atoms with Crippen molar-refractivity contribution in [2.75, 3.05) is 11.9 Å². The highest BCUT2D eigenvalue weighted by Crippen LogP contribution is 2.46. The molecule has 2 aromatic rings. The number of anilines is 1. The third kappa shape index (κ3) is 8.15. The summed E-state index contributed by atoms with van der Waals surface area (Å²) < 4.78 is 25.8. The van der Waals surface area contributed by atoms with Crippen LogP contribution in [0.1, 0.15) is 101 Å². The molecule has 2 saturated carbocycles. The van der Waals surface area contributed by atoms with E-state index in [2.05, 4.69) is 31.1 Å². The second kappa shape index (κ2) is 14.4. The maximum absolute atomic E-state index is 14.4. The molecule has 53 heavy (non-hydrogen) atoms. The number of aromatic amines is 1. The van der Waals surface area contributed by atoms with E-state index >= 15 is 0 Å². The number of rotatable bonds is 5. The molecule has 5 aliphatic rings. The second-order valence-corrected chi connectivity index (χ2v) is 15.8. The van der Waals surface area contributed by atoms with E-state index in [0.717, 1.165) is 32.1 Å². The molecule has 5 atom stereocenters. The molecule has 1 aromatic heterocycles. The summed E-state index contributed by atoms with van der Waals surface area (Å²) in [6, 6.07) is 2.51. The number of fused-ring (bicyclic) bond motifs is 3. The van der Waals surface area contributed by atoms with Crippen LogP contribution in [0.4, 0.5) is 19.9 Å². The molecule has 1 saturated heterocycles. The number of amides is 5. The minimum atomic E-state index is -1.32. The molecule has 3 fully saturated rings. The zero-order valence-corrected chi connectivity index (χ0v) is 30.3. The quantitative estimate of drug-likeness (QED) is 0.327. The van der Waals surface area contributed by atoms with E-state index < -0.39 is 65.1 Å². The van der Waals surface area contributed by atoms with Crippen molar-refractivity contribution < 1.29 is 37.8 Å². The van der Waals surface area contributed by atoms with E-state index in [-0.39, 0.29) is 37.9 Å². The lowest BCUT2D eigenvalue weighted by molar-refractivity contribution is -0.141. The summed E-state index contributed by atoms with van der Waals surface area (Å²) in [7, 11) is 0. The highest BCUT2D eigenvalue weighted by Gasteiger charge is 2.61. The summed E-state index contributed by atoms with van der Waals surface area (Å²) in [5, 5.41) is 15.5. The number of halogens is 1. The number of carbonyl (C=O) groups excluding carboxylic acids is 5. The van der Waals surface area contributed by atoms with Crippen LogP contribution in [0.25, 0.3) is 0 Å². The van der Waals surface area contributed by atoms with E-state index in [1.165, 1.54) is 15.9 Å². The van der Waals surface area contributed by atoms with Crippen molar-refractivity contribution in [3.8, 4) is 0 Å². The first-order chi connectivity index (χ1) is 25.3. The van der Waals surface area contributed by atoms with Gasteiger partial charge in [0.1, 0.15) is 41.0 Å². The van der Waals surface area contributed by atoms with Crippen molar-refractivity contribution in [3.05, 3.63) is 53.1 Å². The number of allylic oxidation sites excluding steroid dienone is 1. The predicted molar refractivity (Wildman–Crippen MR) is 187 cm³/mol. The molecule has 2 aliphatic carbocycles. The van der Waals surface area contributed by atoms with Crippen LogP contribution in [0, 0.1) is 11.7 Å². The molecule has 16 heteroatoms. The number of carbonyl (C=O) groups is 5. The van der Waals surface area contributed by atoms with Crippen LogP contribution in [-0.4, -0.2) is 90.8 Å². The molecule has 4 N–H and O–H groups in total. The van der Waals surface area contributed by atoms with Crippen LogP contribution in [0.2, 0.25) is 0 Å². The van der Waals surface area contributed by atoms with Gasteiger partial charge in [-0.15, -0.1) is 5.10 Å². The van der Waals surface area contributed by atoms with E-state index in [9.17, 15) is 28.4 Å². The lowest BCUT2D eigenvalue weighted by atomic mass is 10.0. The molecule has 0 bridgehead atoms. The van der Waals surface area contributed by atoms with Crippen molar-refractivity contribution in [2.24, 2.45) is 5.92 Å². The Hall–Kier alpha value is -5.02. The van der Waals surface area contributed by atoms with E-state index in [1.807, 2.05) is 12.2 Å². The maximum atomic E-state index is 14.4. The van der Waals surface area contributed by atoms with Crippen molar-refractivity contribution >= 4 is 35.9 Å². The Balaban J connectivity index is 1.12. The standard InChI is InChI=1S/C37H47FN8O7/c1-36(2,3)53-34(50)39-27-13-8-6-4-5-7-11-23-17-37(23,32(49)41-33-40-29(43-44-33)21-14-15-21)42-30(47)28-16-24(19-46(28)31(27)48)52-35(51)45-18-22-10-9-12-26(38)25(22)20-45/h7,9-12,21,23-24,27-28H,4-6,8,13-20H2,1-3H3,(H,39,50)(H,42,47)(H2,40,41,43,44,49)/b11-7-/t23-,24-,27+,28+,37-/m1/s1. The number of ether oxygens (including phenoxy) is 2. The van der Waals surface area contributed by atoms with Gasteiger partial charge in [-0.1, -0.05) is 37.1 Å². The highest BCUT2D eigenvalue weighted by molar-refractivity contribution is 6.04. The molecule has 15 nitrogen and oxygen atoms in total. The Kier molecular flexibility index (Phi) is 9.89. The highest BCUT2D eigenvalue weighted by atomic mass is 19.1. The first kappa shape index (κ1) is 36.3. The van der Waals surface area contributed by atoms with Gasteiger partial charge in [-0.3, -0.25) is 29.7 Å². The fourth-order valence-electron chi connectivity index (χ4n) is 7.42. The molecule has 3 aliphatic heterocycles. The average molecular weight is 735 g/mol. The van der Waals surface area contributed by atoms with Crippen molar-refractivity contribution in [1.29, 1.82) is 0 Å². The Morgan fingerprint density at radius 3 is 2.64 bits per heavy atom. The van der Waals surface area contributed by atoms with Crippen LogP contribution >= 0.6 is 0 Å². The molecule has 0 spiro atoms. The summed E-state index contributed by atoms with van der Waals surface area (Å²) in [6.45, 7) is 5.21. The molecule has 1 aromatic carbocycles. The van der Waals surface area contributed by atoms with Crippen LogP contribution < -0.4 is 16.0 Å². The monoisotopic (exact) mass is 734 g/mol. The average Bonchev–Trinajstić information content (AvgIpc) is 3.87. The minimum absolute atomic E-state index is 0.0293. The summed E-state index contributed by atoms with van der Waals surface area (Å²) in [4.78, 5) is 76.0. The van der Waals surface area contributed by atoms with Crippen LogP contribution in [-0.2, 0) is 36.9 Å². The first-order valence-electron chi connectivity index (χ1n) is 18.5. The number of nitrogens with zero attached hydrogens (tertiary/aromatic N) is 4. The summed E-state index contributed by atoms with van der Waals surface area (Å²) in [5.74, 6) is -1.20. The molecular formula is C37H47FN8O7. The summed E-state index contributed by atoms with van der Waals surface area (Å²) >= 11 is 0. The SMILES string of the molecule is CC(C)(C)OC(=O)N[C@H]1CCCCC/C=C\[C@@H]2C[C@@]2(C(=O)Nc2n[nH]c(C3CC3)n2)NC(=O)[C@@H]2C[C@@H](OC(=O)N3Cc4cccc(F)c4C3)CN2C1=O. The number of benzene rings is 1. The fourth-order valence-corrected chi connectivity index (χ4v) is 7.42. The smallest absolute Gasteiger partial charge is 0.410 e. The van der Waals surface area contributed by atoms with Gasteiger partial charge in [-0.05, 0) is 70.9 Å². The lowest BCUT2D eigenvalue weighted by Crippen LogP contribution is -2.57. The van der Waals surface area contributed by atoms with Gasteiger partial charge in [0.2, 0.25) is 17.8 Å². The van der Waals surface area contributed by atoms with Crippen molar-refractivity contribution in [3.63, 3.8) is 0 Å². The number of hydrogen-bond acceptors (Lipinski definition) is 9. The third-order valence-corrected chi connectivity index (χ3v) is 10.5. The lowest BCUT2D eigenvalue weighted by Gasteiger charge is -2.30. The Bertz CT molecular complexity index is 1800. The molecular weight excluding hydrogens is 687 g/mol. The number of aromatic nitrogens is 3. The van der Waals surface area contributed by atoms with Gasteiger partial charge in [0.05, 0.1) is 13.1 Å². The van der Waals surface area contributed by atoms with Gasteiger partial charge in [-0.25, -0.2) is 14.0 Å². The summed E-state index contributed by atoms with van der Waals surface area (Å²) in [6.07, 6.45) is 7.09. The van der Waals surface area contributed by atoms with Crippen molar-refractivity contribution in [2.45, 2.75) is 127 Å². The normalized spacial score (nSPS) is 28.0. The zero-order chi connectivity index (χ0) is 37.5. The van der Waals surface area contributed by atoms with Gasteiger partial charge >= 0.3 is 12.2 Å². The van der Waals surface area contributed by atoms with Gasteiger partial charge < -0.3 is 25.0 Å². The first-order valence-corrected chi connectivity index (χ1v) is 18.5. The predicted octanol–water partition coefficient (Wildman–Crippen LogP) is 4.17. The van der Waals surface area contributed by atoms with E-state index in [0.29, 0.717) is 42.1 Å². The summed E-state index contributed by atoms with van der Waals surface area (Å²) in [5.41, 5.74) is -1.04. The molecule has 5 amide bonds. The second-order valence-electron chi connectivity index (χ2n) is 15.8. The van der Waals surface area contributed by atoms with Gasteiger partial charge in [0.15, 0.2) is 0 Å². The third-order valence-electron chi connectivity index (χ3n) is 10.5. The number of nitrogens with one attached hydrogen (secondary N) is 4. The van der Waals surface area contributed by atoms with Crippen LogP contribution in [0.3, 0.4) is 0 Å². The van der Waals surface area contributed by atoms with Crippen LogP contribution in [0.5, 0.6) is 0 Å². The molecule has 0 radical (unpaired) electrons. The van der Waals surface area contributed by atoms with Crippen molar-refractivity contribution in [1.82, 2.24) is 35.6 Å². The van der Waals surface area contributed by atoms with E-state index in [1.54, 1.807) is 32.9 Å². The number of hydrogen-bond donors (Lipinski definition) is 4. The number of alkyl carbamates (subject to hydrolysis) is 1. The van der Waals surface area contributed by atoms with Crippen LogP contribution in [0.15, 0.2) is 30.4 Å². The molecule has 0 unspecified atom stereocenters. The van der Waals surface area contributed by atoms with Gasteiger partial charge in [0.25, 0.3) is 5.91 Å². The Morgan fingerprint density at radius 2 is 1.89 bits per heavy atom. The zero-order valence-electron chi connectivity index (χ0n) is 30.3. The largest absolute Gasteiger partial charge is 0.444 e. The fraction of sp³-hybridized carbons (Fsp3) is 0.595. The Morgan fingerprint density at radius 1 is 1.08 bits per heavy atom. The molecule has 4 heterocycles. The van der Waals surface area contributed by atoms with Gasteiger partial charge in [-0.2, -0.15) is 4.98 Å². The topological polar surface area (TPSA) is 188 Å². The molecule has 7 rings (SSSR count). The number of H-pyrrole nitrogens is 1. The van der Waals surface area contributed by atoms with Gasteiger partial charge in [0, 0.05) is 30.4 Å². The minimum Gasteiger partial charge on any atom is -0.444 e. The Labute approximate surface area is 306 Å².